The van der Waals surface area contributed by atoms with Gasteiger partial charge in [0, 0.05) is 47.7 Å². The van der Waals surface area contributed by atoms with Crippen LogP contribution in [0.1, 0.15) is 41.3 Å². The SMILES string of the molecule is CCCC(C#Cc1ccc(N(C)C)cc1)=C1c2ccccc2C(=O)N1c1ccccc1. The first-order chi connectivity index (χ1) is 15.1. The molecule has 3 heteroatoms. The monoisotopic (exact) mass is 406 g/mol. The maximum Gasteiger partial charge on any atom is 0.263 e. The van der Waals surface area contributed by atoms with Crippen LogP contribution in [-0.2, 0) is 0 Å². The van der Waals surface area contributed by atoms with Crippen LogP contribution in [0, 0.1) is 11.8 Å². The van der Waals surface area contributed by atoms with Crippen LogP contribution in [0.25, 0.3) is 5.70 Å². The van der Waals surface area contributed by atoms with Crippen molar-refractivity contribution in [2.24, 2.45) is 0 Å². The van der Waals surface area contributed by atoms with E-state index in [9.17, 15) is 4.79 Å². The van der Waals surface area contributed by atoms with Crippen molar-refractivity contribution in [3.8, 4) is 11.8 Å². The highest BCUT2D eigenvalue weighted by atomic mass is 16.2. The van der Waals surface area contributed by atoms with E-state index in [1.54, 1.807) is 0 Å². The molecule has 0 aromatic heterocycles. The van der Waals surface area contributed by atoms with E-state index in [1.807, 2.05) is 85.7 Å². The molecule has 3 nitrogen and oxygen atoms in total. The number of benzene rings is 3. The zero-order chi connectivity index (χ0) is 21.8. The number of allylic oxidation sites excluding steroid dienone is 1. The van der Waals surface area contributed by atoms with Crippen molar-refractivity contribution in [1.82, 2.24) is 0 Å². The third-order valence-electron chi connectivity index (χ3n) is 5.38. The van der Waals surface area contributed by atoms with Gasteiger partial charge in [-0.15, -0.1) is 0 Å². The Kier molecular flexibility index (Phi) is 5.91. The van der Waals surface area contributed by atoms with Crippen molar-refractivity contribution in [3.05, 3.63) is 101 Å². The quantitative estimate of drug-likeness (QED) is 0.498. The predicted molar refractivity (Wildman–Crippen MR) is 129 cm³/mol. The van der Waals surface area contributed by atoms with E-state index in [2.05, 4.69) is 35.8 Å². The van der Waals surface area contributed by atoms with Crippen molar-refractivity contribution < 1.29 is 4.79 Å². The molecule has 0 bridgehead atoms. The van der Waals surface area contributed by atoms with Gasteiger partial charge in [-0.1, -0.05) is 61.6 Å². The molecule has 1 aliphatic rings. The Labute approximate surface area is 184 Å². The van der Waals surface area contributed by atoms with E-state index in [1.165, 1.54) is 0 Å². The molecule has 0 fully saturated rings. The first-order valence-electron chi connectivity index (χ1n) is 10.6. The molecule has 0 spiro atoms. The molecule has 1 amide bonds. The average molecular weight is 407 g/mol. The summed E-state index contributed by atoms with van der Waals surface area (Å²) in [4.78, 5) is 17.2. The maximum absolute atomic E-state index is 13.3. The van der Waals surface area contributed by atoms with Crippen LogP contribution < -0.4 is 9.80 Å². The number of carbonyl (C=O) groups excluding carboxylic acids is 1. The zero-order valence-electron chi connectivity index (χ0n) is 18.2. The molecule has 3 aromatic rings. The van der Waals surface area contributed by atoms with Crippen LogP contribution in [-0.4, -0.2) is 20.0 Å². The number of amides is 1. The van der Waals surface area contributed by atoms with Gasteiger partial charge >= 0.3 is 0 Å². The molecule has 0 atom stereocenters. The summed E-state index contributed by atoms with van der Waals surface area (Å²) in [6.07, 6.45) is 1.76. The number of fused-ring (bicyclic) bond motifs is 1. The van der Waals surface area contributed by atoms with Crippen molar-refractivity contribution in [3.63, 3.8) is 0 Å². The Morgan fingerprint density at radius 2 is 1.52 bits per heavy atom. The topological polar surface area (TPSA) is 23.6 Å². The summed E-state index contributed by atoms with van der Waals surface area (Å²) in [6.45, 7) is 2.14. The van der Waals surface area contributed by atoms with Crippen LogP contribution >= 0.6 is 0 Å². The Balaban J connectivity index is 1.85. The molecular weight excluding hydrogens is 380 g/mol. The number of rotatable bonds is 4. The van der Waals surface area contributed by atoms with Crippen molar-refractivity contribution in [2.45, 2.75) is 19.8 Å². The molecule has 4 rings (SSSR count). The molecular formula is C28H26N2O. The maximum atomic E-state index is 13.3. The summed E-state index contributed by atoms with van der Waals surface area (Å²) in [5.74, 6) is 6.74. The van der Waals surface area contributed by atoms with Gasteiger partial charge in [-0.05, 0) is 48.9 Å². The molecule has 0 unspecified atom stereocenters. The van der Waals surface area contributed by atoms with Crippen LogP contribution in [0.3, 0.4) is 0 Å². The van der Waals surface area contributed by atoms with Crippen LogP contribution in [0.4, 0.5) is 11.4 Å². The van der Waals surface area contributed by atoms with Gasteiger partial charge in [0.15, 0.2) is 0 Å². The molecule has 0 saturated carbocycles. The van der Waals surface area contributed by atoms with Gasteiger partial charge < -0.3 is 4.90 Å². The molecule has 1 heterocycles. The number of hydrogen-bond donors (Lipinski definition) is 0. The number of carbonyl (C=O) groups is 1. The van der Waals surface area contributed by atoms with E-state index in [-0.39, 0.29) is 5.91 Å². The van der Waals surface area contributed by atoms with E-state index in [0.29, 0.717) is 0 Å². The van der Waals surface area contributed by atoms with E-state index in [4.69, 9.17) is 0 Å². The largest absolute Gasteiger partial charge is 0.378 e. The highest BCUT2D eigenvalue weighted by molar-refractivity contribution is 6.23. The van der Waals surface area contributed by atoms with Gasteiger partial charge in [-0.25, -0.2) is 0 Å². The number of anilines is 2. The predicted octanol–water partition coefficient (Wildman–Crippen LogP) is 5.98. The van der Waals surface area contributed by atoms with Crippen LogP contribution in [0.15, 0.2) is 84.4 Å². The fourth-order valence-corrected chi connectivity index (χ4v) is 3.82. The number of nitrogens with zero attached hydrogens (tertiary/aromatic N) is 2. The molecule has 154 valence electrons. The van der Waals surface area contributed by atoms with Crippen molar-refractivity contribution >= 4 is 23.0 Å². The van der Waals surface area contributed by atoms with Crippen LogP contribution in [0.5, 0.6) is 0 Å². The average Bonchev–Trinajstić information content (AvgIpc) is 3.10. The van der Waals surface area contributed by atoms with Gasteiger partial charge in [0.1, 0.15) is 0 Å². The first-order valence-corrected chi connectivity index (χ1v) is 10.6. The molecule has 1 aliphatic heterocycles. The molecule has 31 heavy (non-hydrogen) atoms. The fraction of sp³-hybridized carbons (Fsp3) is 0.179. The molecule has 0 N–H and O–H groups in total. The zero-order valence-corrected chi connectivity index (χ0v) is 18.2. The minimum absolute atomic E-state index is 0.00235. The Morgan fingerprint density at radius 1 is 0.871 bits per heavy atom. The Morgan fingerprint density at radius 3 is 2.16 bits per heavy atom. The summed E-state index contributed by atoms with van der Waals surface area (Å²) in [7, 11) is 4.05. The Bertz CT molecular complexity index is 1180. The van der Waals surface area contributed by atoms with Gasteiger partial charge in [0.05, 0.1) is 5.70 Å². The summed E-state index contributed by atoms with van der Waals surface area (Å²) >= 11 is 0. The second kappa shape index (κ2) is 8.93. The third-order valence-corrected chi connectivity index (χ3v) is 5.38. The van der Waals surface area contributed by atoms with E-state index < -0.39 is 0 Å². The molecule has 3 aromatic carbocycles. The Hall–Kier alpha value is -3.77. The first kappa shape index (κ1) is 20.5. The second-order valence-electron chi connectivity index (χ2n) is 7.79. The number of hydrogen-bond acceptors (Lipinski definition) is 2. The van der Waals surface area contributed by atoms with Gasteiger partial charge in [-0.2, -0.15) is 0 Å². The van der Waals surface area contributed by atoms with Crippen LogP contribution in [0.2, 0.25) is 0 Å². The lowest BCUT2D eigenvalue weighted by Gasteiger charge is -2.20. The number of para-hydroxylation sites is 1. The highest BCUT2D eigenvalue weighted by Gasteiger charge is 2.34. The van der Waals surface area contributed by atoms with Crippen molar-refractivity contribution in [1.29, 1.82) is 0 Å². The van der Waals surface area contributed by atoms with E-state index in [0.717, 1.165) is 52.2 Å². The summed E-state index contributed by atoms with van der Waals surface area (Å²) in [6, 6.07) is 25.9. The lowest BCUT2D eigenvalue weighted by atomic mass is 10.0. The fourth-order valence-electron chi connectivity index (χ4n) is 3.82. The van der Waals surface area contributed by atoms with Gasteiger partial charge in [0.2, 0.25) is 0 Å². The smallest absolute Gasteiger partial charge is 0.263 e. The van der Waals surface area contributed by atoms with Gasteiger partial charge in [0.25, 0.3) is 5.91 Å². The minimum Gasteiger partial charge on any atom is -0.378 e. The lowest BCUT2D eigenvalue weighted by molar-refractivity contribution is 0.101. The summed E-state index contributed by atoms with van der Waals surface area (Å²) in [5, 5.41) is 0. The lowest BCUT2D eigenvalue weighted by Crippen LogP contribution is -2.23. The molecule has 0 saturated heterocycles. The molecule has 0 aliphatic carbocycles. The normalized spacial score (nSPS) is 14.0. The van der Waals surface area contributed by atoms with Gasteiger partial charge in [-0.3, -0.25) is 9.69 Å². The van der Waals surface area contributed by atoms with Crippen molar-refractivity contribution in [2.75, 3.05) is 23.9 Å². The molecule has 0 radical (unpaired) electrons. The minimum atomic E-state index is 0.00235. The summed E-state index contributed by atoms with van der Waals surface area (Å²) in [5.41, 5.74) is 6.55. The van der Waals surface area contributed by atoms with E-state index >= 15 is 0 Å². The summed E-state index contributed by atoms with van der Waals surface area (Å²) < 4.78 is 0. The highest BCUT2D eigenvalue weighted by Crippen LogP contribution is 2.39. The second-order valence-corrected chi connectivity index (χ2v) is 7.79. The standard InChI is InChI=1S/C28H26N2O/c1-4-10-22(18-15-21-16-19-23(20-17-21)29(2)3)27-25-13-8-9-14-26(25)28(31)30(27)24-11-6-5-7-12-24/h5-9,11-14,16-17,19-20H,4,10H2,1-3H3. The third kappa shape index (κ3) is 4.11.